The number of carbonyl (C=O) groups is 3. The molecule has 4 amide bonds. The lowest BCUT2D eigenvalue weighted by Crippen LogP contribution is -2.42. The van der Waals surface area contributed by atoms with E-state index in [1.165, 1.54) is 29.2 Å². The number of urea groups is 1. The topological polar surface area (TPSA) is 69.7 Å². The van der Waals surface area contributed by atoms with E-state index in [0.29, 0.717) is 10.7 Å². The Bertz CT molecular complexity index is 902. The molecule has 2 aromatic carbocycles. The lowest BCUT2D eigenvalue weighted by Gasteiger charge is -2.20. The van der Waals surface area contributed by atoms with Crippen molar-refractivity contribution in [1.82, 2.24) is 10.2 Å². The number of hydrogen-bond donors (Lipinski definition) is 1. The Morgan fingerprint density at radius 2 is 1.75 bits per heavy atom. The summed E-state index contributed by atoms with van der Waals surface area (Å²) < 4.78 is 13.1. The van der Waals surface area contributed by atoms with Crippen molar-refractivity contribution in [2.75, 3.05) is 11.4 Å². The minimum Gasteiger partial charge on any atom is -0.348 e. The Hall–Kier alpha value is -2.93. The number of carbonyl (C=O) groups excluding carboxylic acids is 3. The number of anilines is 1. The van der Waals surface area contributed by atoms with Gasteiger partial charge in [0.05, 0.1) is 6.04 Å². The van der Waals surface area contributed by atoms with Gasteiger partial charge in [-0.2, -0.15) is 0 Å². The lowest BCUT2D eigenvalue weighted by molar-refractivity contribution is -0.132. The number of benzene rings is 2. The Morgan fingerprint density at radius 3 is 2.36 bits per heavy atom. The first-order chi connectivity index (χ1) is 13.3. The van der Waals surface area contributed by atoms with Crippen LogP contribution in [0.2, 0.25) is 5.02 Å². The summed E-state index contributed by atoms with van der Waals surface area (Å²) in [4.78, 5) is 39.7. The van der Waals surface area contributed by atoms with Gasteiger partial charge in [-0.15, -0.1) is 0 Å². The normalized spacial score (nSPS) is 17.8. The molecule has 0 aromatic heterocycles. The molecule has 1 heterocycles. The van der Waals surface area contributed by atoms with Crippen molar-refractivity contribution in [1.29, 1.82) is 0 Å². The predicted molar refractivity (Wildman–Crippen MR) is 103 cm³/mol. The molecule has 1 N–H and O–H groups in total. The second kappa shape index (κ2) is 7.98. The highest BCUT2D eigenvalue weighted by molar-refractivity contribution is 6.30. The van der Waals surface area contributed by atoms with Crippen molar-refractivity contribution >= 4 is 35.1 Å². The lowest BCUT2D eigenvalue weighted by atomic mass is 10.1. The number of amides is 4. The van der Waals surface area contributed by atoms with Crippen LogP contribution < -0.4 is 10.2 Å². The summed E-state index contributed by atoms with van der Waals surface area (Å²) in [6.45, 7) is 2.97. The van der Waals surface area contributed by atoms with E-state index in [9.17, 15) is 18.8 Å². The van der Waals surface area contributed by atoms with Crippen molar-refractivity contribution in [2.24, 2.45) is 0 Å². The van der Waals surface area contributed by atoms with Gasteiger partial charge < -0.3 is 5.32 Å². The van der Waals surface area contributed by atoms with Crippen LogP contribution in [0.25, 0.3) is 0 Å². The maximum absolute atomic E-state index is 13.1. The molecular weight excluding hydrogens is 385 g/mol. The average molecular weight is 404 g/mol. The van der Waals surface area contributed by atoms with Gasteiger partial charge in [0.25, 0.3) is 5.91 Å². The van der Waals surface area contributed by atoms with Crippen LogP contribution in [0.15, 0.2) is 48.5 Å². The van der Waals surface area contributed by atoms with Crippen LogP contribution in [0.5, 0.6) is 0 Å². The van der Waals surface area contributed by atoms with Gasteiger partial charge in [0.15, 0.2) is 0 Å². The van der Waals surface area contributed by atoms with E-state index in [-0.39, 0.29) is 6.04 Å². The Labute approximate surface area is 166 Å². The van der Waals surface area contributed by atoms with E-state index in [1.54, 1.807) is 38.1 Å². The van der Waals surface area contributed by atoms with Crippen molar-refractivity contribution in [3.63, 3.8) is 0 Å². The van der Waals surface area contributed by atoms with Gasteiger partial charge >= 0.3 is 6.03 Å². The maximum Gasteiger partial charge on any atom is 0.332 e. The highest BCUT2D eigenvalue weighted by Crippen LogP contribution is 2.26. The van der Waals surface area contributed by atoms with E-state index in [4.69, 9.17) is 11.6 Å². The largest absolute Gasteiger partial charge is 0.348 e. The van der Waals surface area contributed by atoms with Crippen molar-refractivity contribution < 1.29 is 18.8 Å². The highest BCUT2D eigenvalue weighted by atomic mass is 35.5. The van der Waals surface area contributed by atoms with E-state index in [2.05, 4.69) is 5.32 Å². The molecule has 0 aliphatic carbocycles. The molecule has 2 aromatic rings. The van der Waals surface area contributed by atoms with Crippen molar-refractivity contribution in [3.8, 4) is 0 Å². The van der Waals surface area contributed by atoms with Gasteiger partial charge in [0.2, 0.25) is 5.91 Å². The first kappa shape index (κ1) is 19.8. The molecule has 0 radical (unpaired) electrons. The first-order valence-electron chi connectivity index (χ1n) is 8.73. The van der Waals surface area contributed by atoms with Crippen LogP contribution in [0.4, 0.5) is 14.9 Å². The molecule has 3 rings (SSSR count). The molecule has 146 valence electrons. The fourth-order valence-corrected chi connectivity index (χ4v) is 3.20. The summed E-state index contributed by atoms with van der Waals surface area (Å²) in [5, 5.41) is 3.35. The van der Waals surface area contributed by atoms with Gasteiger partial charge in [-0.3, -0.25) is 19.4 Å². The summed E-state index contributed by atoms with van der Waals surface area (Å²) in [6.07, 6.45) is 0. The molecule has 0 saturated carbocycles. The Morgan fingerprint density at radius 1 is 1.14 bits per heavy atom. The summed E-state index contributed by atoms with van der Waals surface area (Å²) >= 11 is 5.86. The smallest absolute Gasteiger partial charge is 0.332 e. The zero-order valence-electron chi connectivity index (χ0n) is 15.4. The Kier molecular flexibility index (Phi) is 5.65. The molecule has 2 atom stereocenters. The van der Waals surface area contributed by atoms with E-state index in [0.717, 1.165) is 10.5 Å². The molecule has 1 fully saturated rings. The third kappa shape index (κ3) is 3.99. The predicted octanol–water partition coefficient (Wildman–Crippen LogP) is 3.51. The molecule has 28 heavy (non-hydrogen) atoms. The molecular formula is C20H19ClFN3O3. The second-order valence-corrected chi connectivity index (χ2v) is 7.01. The van der Waals surface area contributed by atoms with Crippen LogP contribution in [-0.4, -0.2) is 35.3 Å². The van der Waals surface area contributed by atoms with Gasteiger partial charge in [0, 0.05) is 10.7 Å². The second-order valence-electron chi connectivity index (χ2n) is 6.57. The number of imide groups is 1. The van der Waals surface area contributed by atoms with Crippen LogP contribution in [0.3, 0.4) is 0 Å². The third-order valence-electron chi connectivity index (χ3n) is 4.60. The van der Waals surface area contributed by atoms with Gasteiger partial charge in [0.1, 0.15) is 18.4 Å². The van der Waals surface area contributed by atoms with Crippen LogP contribution in [0, 0.1) is 5.82 Å². The van der Waals surface area contributed by atoms with Gasteiger partial charge in [-0.05, 0) is 55.8 Å². The maximum atomic E-state index is 13.1. The van der Waals surface area contributed by atoms with Crippen LogP contribution in [0.1, 0.15) is 25.5 Å². The molecule has 0 unspecified atom stereocenters. The number of halogens is 2. The molecule has 1 aliphatic heterocycles. The molecule has 1 saturated heterocycles. The fourth-order valence-electron chi connectivity index (χ4n) is 3.07. The molecule has 8 heteroatoms. The van der Waals surface area contributed by atoms with E-state index >= 15 is 0 Å². The number of hydrogen-bond acceptors (Lipinski definition) is 3. The Balaban J connectivity index is 1.68. The summed E-state index contributed by atoms with van der Waals surface area (Å²) in [5.74, 6) is -1.39. The third-order valence-corrected chi connectivity index (χ3v) is 4.85. The first-order valence-corrected chi connectivity index (χ1v) is 9.10. The van der Waals surface area contributed by atoms with Gasteiger partial charge in [-0.1, -0.05) is 23.7 Å². The summed E-state index contributed by atoms with van der Waals surface area (Å²) in [6, 6.07) is 10.6. The monoisotopic (exact) mass is 403 g/mol. The minimum absolute atomic E-state index is 0.316. The minimum atomic E-state index is -0.778. The average Bonchev–Trinajstić information content (AvgIpc) is 2.86. The standard InChI is InChI=1S/C20H19ClFN3O3/c1-12(14-3-5-15(21)6-4-14)23-18(26)11-24-19(27)13(2)25(20(24)28)17-9-7-16(22)8-10-17/h3-10,12-13H,11H2,1-2H3,(H,23,26)/t12-,13-/m1/s1. The molecule has 6 nitrogen and oxygen atoms in total. The summed E-state index contributed by atoms with van der Waals surface area (Å²) in [7, 11) is 0. The van der Waals surface area contributed by atoms with Crippen molar-refractivity contribution in [3.05, 3.63) is 64.9 Å². The quantitative estimate of drug-likeness (QED) is 0.776. The molecule has 0 spiro atoms. The zero-order valence-corrected chi connectivity index (χ0v) is 16.1. The van der Waals surface area contributed by atoms with Crippen LogP contribution >= 0.6 is 11.6 Å². The van der Waals surface area contributed by atoms with Gasteiger partial charge in [-0.25, -0.2) is 9.18 Å². The fraction of sp³-hybridized carbons (Fsp3) is 0.250. The summed E-state index contributed by atoms with van der Waals surface area (Å²) in [5.41, 5.74) is 1.24. The van der Waals surface area contributed by atoms with Crippen LogP contribution in [-0.2, 0) is 9.59 Å². The SMILES string of the molecule is C[C@@H]1C(=O)N(CC(=O)N[C@H](C)c2ccc(Cl)cc2)C(=O)N1c1ccc(F)cc1. The van der Waals surface area contributed by atoms with E-state index < -0.39 is 36.2 Å². The molecule has 1 aliphatic rings. The number of rotatable bonds is 5. The van der Waals surface area contributed by atoms with Crippen molar-refractivity contribution in [2.45, 2.75) is 25.9 Å². The molecule has 0 bridgehead atoms. The number of nitrogens with zero attached hydrogens (tertiary/aromatic N) is 2. The number of nitrogens with one attached hydrogen (secondary N) is 1. The zero-order chi connectivity index (χ0) is 20.4. The highest BCUT2D eigenvalue weighted by Gasteiger charge is 2.44. The van der Waals surface area contributed by atoms with E-state index in [1.807, 2.05) is 0 Å².